The van der Waals surface area contributed by atoms with E-state index in [4.69, 9.17) is 10.5 Å². The van der Waals surface area contributed by atoms with E-state index in [0.29, 0.717) is 12.1 Å². The van der Waals surface area contributed by atoms with E-state index in [9.17, 15) is 0 Å². The van der Waals surface area contributed by atoms with Crippen molar-refractivity contribution in [2.24, 2.45) is 0 Å². The van der Waals surface area contributed by atoms with E-state index in [1.807, 2.05) is 6.07 Å². The molecule has 1 fully saturated rings. The summed E-state index contributed by atoms with van der Waals surface area (Å²) < 4.78 is 5.37. The van der Waals surface area contributed by atoms with Crippen molar-refractivity contribution < 1.29 is 4.74 Å². The molecule has 0 bridgehead atoms. The Labute approximate surface area is 157 Å². The Hall–Kier alpha value is -1.64. The molecule has 1 aliphatic rings. The molecule has 4 N–H and O–H groups in total. The fourth-order valence-corrected chi connectivity index (χ4v) is 3.24. The lowest BCUT2D eigenvalue weighted by molar-refractivity contribution is 0.0398. The molecular weight excluding hydrogens is 330 g/mol. The summed E-state index contributed by atoms with van der Waals surface area (Å²) in [5.41, 5.74) is 5.86. The summed E-state index contributed by atoms with van der Waals surface area (Å²) in [6, 6.07) is 2.96. The van der Waals surface area contributed by atoms with Crippen molar-refractivity contribution in [1.29, 1.82) is 0 Å². The van der Waals surface area contributed by atoms with Crippen molar-refractivity contribution in [3.63, 3.8) is 0 Å². The SMILES string of the molecule is CC(C)N(CCNc1cc(NCCN2CCOCC2)nc(N)n1)C(C)C. The molecular formula is C18H35N7O. The molecule has 2 rings (SSSR count). The Kier molecular flexibility index (Phi) is 8.34. The van der Waals surface area contributed by atoms with Gasteiger partial charge in [-0.25, -0.2) is 0 Å². The van der Waals surface area contributed by atoms with Crippen LogP contribution in [0.1, 0.15) is 27.7 Å². The van der Waals surface area contributed by atoms with Crippen molar-refractivity contribution in [3.05, 3.63) is 6.07 Å². The smallest absolute Gasteiger partial charge is 0.223 e. The van der Waals surface area contributed by atoms with E-state index in [1.165, 1.54) is 0 Å². The van der Waals surface area contributed by atoms with E-state index < -0.39 is 0 Å². The minimum Gasteiger partial charge on any atom is -0.379 e. The second-order valence-electron chi connectivity index (χ2n) is 7.23. The van der Waals surface area contributed by atoms with Gasteiger partial charge in [0.1, 0.15) is 11.6 Å². The van der Waals surface area contributed by atoms with Crippen LogP contribution in [0.3, 0.4) is 0 Å². The first-order valence-electron chi connectivity index (χ1n) is 9.64. The zero-order chi connectivity index (χ0) is 18.9. The number of rotatable bonds is 10. The Bertz CT molecular complexity index is 524. The average molecular weight is 366 g/mol. The third-order valence-electron chi connectivity index (χ3n) is 4.58. The van der Waals surface area contributed by atoms with Crippen LogP contribution in [0.4, 0.5) is 17.6 Å². The lowest BCUT2D eigenvalue weighted by atomic mass is 10.2. The van der Waals surface area contributed by atoms with Gasteiger partial charge >= 0.3 is 0 Å². The molecule has 2 heterocycles. The van der Waals surface area contributed by atoms with E-state index in [2.05, 4.69) is 58.1 Å². The van der Waals surface area contributed by atoms with Crippen LogP contribution < -0.4 is 16.4 Å². The van der Waals surface area contributed by atoms with Crippen molar-refractivity contribution in [3.8, 4) is 0 Å². The predicted octanol–water partition coefficient (Wildman–Crippen LogP) is 1.33. The Morgan fingerprint density at radius 1 is 1.08 bits per heavy atom. The van der Waals surface area contributed by atoms with Crippen LogP contribution >= 0.6 is 0 Å². The number of ether oxygens (including phenoxy) is 1. The molecule has 148 valence electrons. The highest BCUT2D eigenvalue weighted by atomic mass is 16.5. The topological polar surface area (TPSA) is 91.6 Å². The van der Waals surface area contributed by atoms with Gasteiger partial charge in [0.15, 0.2) is 0 Å². The number of aromatic nitrogens is 2. The summed E-state index contributed by atoms with van der Waals surface area (Å²) in [7, 11) is 0. The highest BCUT2D eigenvalue weighted by Gasteiger charge is 2.13. The summed E-state index contributed by atoms with van der Waals surface area (Å²) in [6.45, 7) is 16.1. The predicted molar refractivity (Wildman–Crippen MR) is 108 cm³/mol. The van der Waals surface area contributed by atoms with Crippen molar-refractivity contribution in [2.45, 2.75) is 39.8 Å². The van der Waals surface area contributed by atoms with Gasteiger partial charge < -0.3 is 21.1 Å². The van der Waals surface area contributed by atoms with Crippen LogP contribution in [0, 0.1) is 0 Å². The molecule has 8 nitrogen and oxygen atoms in total. The number of nitrogens with one attached hydrogen (secondary N) is 2. The first kappa shape index (κ1) is 20.7. The maximum absolute atomic E-state index is 5.86. The third-order valence-corrected chi connectivity index (χ3v) is 4.58. The largest absolute Gasteiger partial charge is 0.379 e. The molecule has 0 spiro atoms. The van der Waals surface area contributed by atoms with Crippen LogP contribution in [0.2, 0.25) is 0 Å². The lowest BCUT2D eigenvalue weighted by Gasteiger charge is -2.30. The number of nitrogens with two attached hydrogens (primary N) is 1. The highest BCUT2D eigenvalue weighted by molar-refractivity contribution is 5.51. The molecule has 26 heavy (non-hydrogen) atoms. The second-order valence-corrected chi connectivity index (χ2v) is 7.23. The zero-order valence-corrected chi connectivity index (χ0v) is 16.7. The van der Waals surface area contributed by atoms with E-state index in [0.717, 1.165) is 64.1 Å². The summed E-state index contributed by atoms with van der Waals surface area (Å²) in [5.74, 6) is 1.81. The van der Waals surface area contributed by atoms with Gasteiger partial charge in [0.25, 0.3) is 0 Å². The number of anilines is 3. The number of hydrogen-bond donors (Lipinski definition) is 3. The molecule has 1 aliphatic heterocycles. The van der Waals surface area contributed by atoms with E-state index in [-0.39, 0.29) is 5.95 Å². The number of morpholine rings is 1. The number of nitrogen functional groups attached to an aromatic ring is 1. The first-order chi connectivity index (χ1) is 12.5. The molecule has 1 aromatic heterocycles. The number of nitrogens with zero attached hydrogens (tertiary/aromatic N) is 4. The Balaban J connectivity index is 1.80. The van der Waals surface area contributed by atoms with Gasteiger partial charge in [0.05, 0.1) is 13.2 Å². The van der Waals surface area contributed by atoms with E-state index >= 15 is 0 Å². The first-order valence-corrected chi connectivity index (χ1v) is 9.64. The minimum atomic E-state index is 0.286. The lowest BCUT2D eigenvalue weighted by Crippen LogP contribution is -2.40. The molecule has 1 aromatic rings. The zero-order valence-electron chi connectivity index (χ0n) is 16.7. The Morgan fingerprint density at radius 2 is 1.65 bits per heavy atom. The van der Waals surface area contributed by atoms with Crippen molar-refractivity contribution in [1.82, 2.24) is 19.8 Å². The van der Waals surface area contributed by atoms with Crippen molar-refractivity contribution >= 4 is 17.6 Å². The molecule has 0 radical (unpaired) electrons. The Morgan fingerprint density at radius 3 is 2.23 bits per heavy atom. The molecule has 0 saturated carbocycles. The van der Waals surface area contributed by atoms with Crippen LogP contribution in [-0.2, 0) is 4.74 Å². The fraction of sp³-hybridized carbons (Fsp3) is 0.778. The second kappa shape index (κ2) is 10.5. The van der Waals surface area contributed by atoms with Gasteiger partial charge in [-0.15, -0.1) is 0 Å². The molecule has 0 aliphatic carbocycles. The quantitative estimate of drug-likeness (QED) is 0.572. The third kappa shape index (κ3) is 6.93. The highest BCUT2D eigenvalue weighted by Crippen LogP contribution is 2.13. The summed E-state index contributed by atoms with van der Waals surface area (Å²) in [4.78, 5) is 13.4. The van der Waals surface area contributed by atoms with Gasteiger partial charge in [-0.2, -0.15) is 9.97 Å². The van der Waals surface area contributed by atoms with Crippen molar-refractivity contribution in [2.75, 3.05) is 68.8 Å². The molecule has 0 unspecified atom stereocenters. The summed E-state index contributed by atoms with van der Waals surface area (Å²) in [5, 5.41) is 6.71. The van der Waals surface area contributed by atoms with Gasteiger partial charge in [-0.05, 0) is 27.7 Å². The van der Waals surface area contributed by atoms with Gasteiger partial charge in [0.2, 0.25) is 5.95 Å². The number of hydrogen-bond acceptors (Lipinski definition) is 8. The van der Waals surface area contributed by atoms with Crippen LogP contribution in [0.15, 0.2) is 6.07 Å². The molecule has 0 amide bonds. The summed E-state index contributed by atoms with van der Waals surface area (Å²) in [6.07, 6.45) is 0. The fourth-order valence-electron chi connectivity index (χ4n) is 3.24. The normalized spacial score (nSPS) is 15.8. The maximum Gasteiger partial charge on any atom is 0.223 e. The molecule has 0 aromatic carbocycles. The monoisotopic (exact) mass is 365 g/mol. The van der Waals surface area contributed by atoms with Gasteiger partial charge in [-0.1, -0.05) is 0 Å². The average Bonchev–Trinajstić information content (AvgIpc) is 2.58. The molecule has 1 saturated heterocycles. The molecule has 0 atom stereocenters. The summed E-state index contributed by atoms with van der Waals surface area (Å²) >= 11 is 0. The van der Waals surface area contributed by atoms with Crippen LogP contribution in [0.25, 0.3) is 0 Å². The minimum absolute atomic E-state index is 0.286. The van der Waals surface area contributed by atoms with Crippen LogP contribution in [-0.4, -0.2) is 84.3 Å². The maximum atomic E-state index is 5.86. The van der Waals surface area contributed by atoms with Crippen LogP contribution in [0.5, 0.6) is 0 Å². The molecule has 8 heteroatoms. The van der Waals surface area contributed by atoms with Gasteiger partial charge in [0, 0.05) is 57.4 Å². The van der Waals surface area contributed by atoms with Gasteiger partial charge in [-0.3, -0.25) is 9.80 Å². The standard InChI is InChI=1S/C18H35N7O/c1-14(2)25(15(3)4)8-6-21-17-13-16(22-18(19)23-17)20-5-7-24-9-11-26-12-10-24/h13-15H,5-12H2,1-4H3,(H4,19,20,21,22,23). The van der Waals surface area contributed by atoms with E-state index in [1.54, 1.807) is 0 Å².